The van der Waals surface area contributed by atoms with Crippen molar-refractivity contribution in [3.05, 3.63) is 57.1 Å². The fraction of sp³-hybridized carbons (Fsp3) is 0.250. The van der Waals surface area contributed by atoms with Gasteiger partial charge < -0.3 is 24.8 Å². The Hall–Kier alpha value is -3.86. The summed E-state index contributed by atoms with van der Waals surface area (Å²) in [7, 11) is 0. The monoisotopic (exact) mass is 463 g/mol. The third kappa shape index (κ3) is 6.08. The number of nitro benzene ring substituents is 1. The number of ether oxygens (including phenoxy) is 3. The Bertz CT molecular complexity index is 1060. The van der Waals surface area contributed by atoms with E-state index in [4.69, 9.17) is 25.8 Å². The van der Waals surface area contributed by atoms with E-state index in [0.29, 0.717) is 30.4 Å². The first-order chi connectivity index (χ1) is 15.3. The first-order valence-electron chi connectivity index (χ1n) is 9.41. The second-order valence-electron chi connectivity index (χ2n) is 6.53. The Morgan fingerprint density at radius 1 is 1.09 bits per heavy atom. The molecular weight excluding hydrogens is 446 g/mol. The number of nitro groups is 1. The van der Waals surface area contributed by atoms with E-state index in [0.717, 1.165) is 12.5 Å². The first-order valence-corrected chi connectivity index (χ1v) is 9.78. The van der Waals surface area contributed by atoms with Crippen LogP contribution in [-0.2, 0) is 14.3 Å². The Balaban J connectivity index is 1.45. The lowest BCUT2D eigenvalue weighted by atomic mass is 10.2. The highest BCUT2D eigenvalue weighted by atomic mass is 35.5. The normalized spacial score (nSPS) is 12.3. The minimum absolute atomic E-state index is 0.0546. The van der Waals surface area contributed by atoms with E-state index < -0.39 is 41.5 Å². The van der Waals surface area contributed by atoms with Gasteiger partial charge in [-0.1, -0.05) is 11.6 Å². The third-order valence-electron chi connectivity index (χ3n) is 4.19. The number of hydrogen-bond donors (Lipinski definition) is 2. The molecule has 11 nitrogen and oxygen atoms in total. The molecular formula is C20H18ClN3O8. The molecule has 0 aliphatic carbocycles. The van der Waals surface area contributed by atoms with E-state index in [-0.39, 0.29) is 10.6 Å². The third-order valence-corrected chi connectivity index (χ3v) is 4.51. The second kappa shape index (κ2) is 10.4. The van der Waals surface area contributed by atoms with Crippen molar-refractivity contribution in [2.24, 2.45) is 0 Å². The van der Waals surface area contributed by atoms with Gasteiger partial charge in [0.25, 0.3) is 17.5 Å². The van der Waals surface area contributed by atoms with E-state index in [1.54, 1.807) is 18.2 Å². The van der Waals surface area contributed by atoms with Gasteiger partial charge in [-0.3, -0.25) is 24.5 Å². The summed E-state index contributed by atoms with van der Waals surface area (Å²) in [6.45, 7) is -0.0701. The molecule has 2 amide bonds. The average Bonchev–Trinajstić information content (AvgIpc) is 3.01. The first kappa shape index (κ1) is 22.8. The molecule has 1 heterocycles. The number of rotatable bonds is 7. The van der Waals surface area contributed by atoms with E-state index in [1.807, 2.05) is 0 Å². The maximum Gasteiger partial charge on any atom is 0.325 e. The number of amides is 2. The van der Waals surface area contributed by atoms with Crippen molar-refractivity contribution in [2.75, 3.05) is 31.7 Å². The minimum atomic E-state index is -0.865. The van der Waals surface area contributed by atoms with Crippen LogP contribution in [0, 0.1) is 10.1 Å². The van der Waals surface area contributed by atoms with Gasteiger partial charge in [0.15, 0.2) is 18.1 Å². The predicted molar refractivity (Wildman–Crippen MR) is 112 cm³/mol. The SMILES string of the molecule is O=C(COC(=O)CNC(=O)c1ccc(Cl)c([N+](=O)[O-])c1)Nc1ccc2c(c1)OCCCO2. The number of nitrogens with zero attached hydrogens (tertiary/aromatic N) is 1. The summed E-state index contributed by atoms with van der Waals surface area (Å²) in [6.07, 6.45) is 0.748. The number of fused-ring (bicyclic) bond motifs is 1. The maximum absolute atomic E-state index is 12.1. The van der Waals surface area contributed by atoms with Crippen molar-refractivity contribution in [1.29, 1.82) is 0 Å². The molecule has 0 fully saturated rings. The van der Waals surface area contributed by atoms with E-state index in [9.17, 15) is 24.5 Å². The van der Waals surface area contributed by atoms with Crippen LogP contribution in [0.4, 0.5) is 11.4 Å². The van der Waals surface area contributed by atoms with Crippen molar-refractivity contribution in [3.63, 3.8) is 0 Å². The molecule has 2 N–H and O–H groups in total. The zero-order chi connectivity index (χ0) is 23.1. The second-order valence-corrected chi connectivity index (χ2v) is 6.93. The molecule has 0 radical (unpaired) electrons. The Morgan fingerprint density at radius 2 is 1.84 bits per heavy atom. The fourth-order valence-electron chi connectivity index (χ4n) is 2.68. The number of benzene rings is 2. The van der Waals surface area contributed by atoms with Crippen LogP contribution in [0.5, 0.6) is 11.5 Å². The van der Waals surface area contributed by atoms with Crippen molar-refractivity contribution >= 4 is 40.8 Å². The molecule has 1 aliphatic heterocycles. The molecule has 1 aliphatic rings. The summed E-state index contributed by atoms with van der Waals surface area (Å²) in [5.41, 5.74) is -0.0534. The number of hydrogen-bond acceptors (Lipinski definition) is 8. The molecule has 0 aromatic heterocycles. The number of nitrogens with one attached hydrogen (secondary N) is 2. The molecule has 0 saturated heterocycles. The molecule has 2 aromatic carbocycles. The maximum atomic E-state index is 12.1. The van der Waals surface area contributed by atoms with Gasteiger partial charge in [0.2, 0.25) is 0 Å². The predicted octanol–water partition coefficient (Wildman–Crippen LogP) is 2.32. The molecule has 168 valence electrons. The van der Waals surface area contributed by atoms with Crippen LogP contribution >= 0.6 is 11.6 Å². The highest BCUT2D eigenvalue weighted by molar-refractivity contribution is 6.32. The average molecular weight is 464 g/mol. The van der Waals surface area contributed by atoms with Crippen LogP contribution in [0.3, 0.4) is 0 Å². The van der Waals surface area contributed by atoms with Crippen LogP contribution in [0.25, 0.3) is 0 Å². The smallest absolute Gasteiger partial charge is 0.325 e. The molecule has 0 spiro atoms. The highest BCUT2D eigenvalue weighted by Crippen LogP contribution is 2.32. The van der Waals surface area contributed by atoms with Crippen LogP contribution in [0.15, 0.2) is 36.4 Å². The molecule has 0 unspecified atom stereocenters. The van der Waals surface area contributed by atoms with Gasteiger partial charge in [0, 0.05) is 29.8 Å². The largest absolute Gasteiger partial charge is 0.490 e. The number of anilines is 1. The van der Waals surface area contributed by atoms with Gasteiger partial charge in [-0.2, -0.15) is 0 Å². The van der Waals surface area contributed by atoms with Crippen LogP contribution < -0.4 is 20.1 Å². The van der Waals surface area contributed by atoms with Gasteiger partial charge in [-0.05, 0) is 24.3 Å². The minimum Gasteiger partial charge on any atom is -0.490 e. The number of carbonyl (C=O) groups is 3. The van der Waals surface area contributed by atoms with E-state index in [2.05, 4.69) is 10.6 Å². The lowest BCUT2D eigenvalue weighted by molar-refractivity contribution is -0.384. The molecule has 0 bridgehead atoms. The summed E-state index contributed by atoms with van der Waals surface area (Å²) in [4.78, 5) is 46.1. The molecule has 32 heavy (non-hydrogen) atoms. The topological polar surface area (TPSA) is 146 Å². The molecule has 3 rings (SSSR count). The summed E-state index contributed by atoms with van der Waals surface area (Å²) >= 11 is 5.70. The Labute approximate surface area is 186 Å². The van der Waals surface area contributed by atoms with E-state index >= 15 is 0 Å². The highest BCUT2D eigenvalue weighted by Gasteiger charge is 2.17. The quantitative estimate of drug-likeness (QED) is 0.361. The van der Waals surface area contributed by atoms with Crippen LogP contribution in [0.2, 0.25) is 5.02 Å². The van der Waals surface area contributed by atoms with Crippen molar-refractivity contribution in [3.8, 4) is 11.5 Å². The summed E-state index contributed by atoms with van der Waals surface area (Å²) < 4.78 is 15.9. The summed E-state index contributed by atoms with van der Waals surface area (Å²) in [6, 6.07) is 8.37. The molecule has 12 heteroatoms. The van der Waals surface area contributed by atoms with Crippen LogP contribution in [-0.4, -0.2) is 49.1 Å². The van der Waals surface area contributed by atoms with E-state index in [1.165, 1.54) is 12.1 Å². The van der Waals surface area contributed by atoms with Gasteiger partial charge in [-0.25, -0.2) is 0 Å². The zero-order valence-electron chi connectivity index (χ0n) is 16.6. The fourth-order valence-corrected chi connectivity index (χ4v) is 2.87. The number of esters is 1. The van der Waals surface area contributed by atoms with Crippen LogP contribution in [0.1, 0.15) is 16.8 Å². The van der Waals surface area contributed by atoms with Crippen molar-refractivity contribution in [1.82, 2.24) is 5.32 Å². The Kier molecular flexibility index (Phi) is 7.45. The zero-order valence-corrected chi connectivity index (χ0v) is 17.3. The number of halogens is 1. The van der Waals surface area contributed by atoms with Gasteiger partial charge >= 0.3 is 5.97 Å². The lowest BCUT2D eigenvalue weighted by Crippen LogP contribution is -2.32. The molecule has 0 saturated carbocycles. The van der Waals surface area contributed by atoms with Gasteiger partial charge in [0.1, 0.15) is 11.6 Å². The molecule has 2 aromatic rings. The summed E-state index contributed by atoms with van der Waals surface area (Å²) in [5.74, 6) is -1.11. The number of carbonyl (C=O) groups excluding carboxylic acids is 3. The van der Waals surface area contributed by atoms with Gasteiger partial charge in [0.05, 0.1) is 18.1 Å². The lowest BCUT2D eigenvalue weighted by Gasteiger charge is -2.11. The van der Waals surface area contributed by atoms with Crippen molar-refractivity contribution in [2.45, 2.75) is 6.42 Å². The molecule has 0 atom stereocenters. The Morgan fingerprint density at radius 3 is 2.59 bits per heavy atom. The summed E-state index contributed by atoms with van der Waals surface area (Å²) in [5, 5.41) is 15.6. The van der Waals surface area contributed by atoms with Crippen molar-refractivity contribution < 1.29 is 33.5 Å². The van der Waals surface area contributed by atoms with Gasteiger partial charge in [-0.15, -0.1) is 0 Å². The standard InChI is InChI=1S/C20H18ClN3O8/c21-14-4-2-12(8-15(14)24(28)29)20(27)22-10-19(26)32-11-18(25)23-13-3-5-16-17(9-13)31-7-1-6-30-16/h2-5,8-9H,1,6-7,10-11H2,(H,22,27)(H,23,25).